The molecule has 0 heterocycles. The number of methoxy groups -OCH3 is 1. The number of rotatable bonds is 4. The van der Waals surface area contributed by atoms with Gasteiger partial charge in [0, 0.05) is 7.11 Å². The molecule has 0 unspecified atom stereocenters. The topological polar surface area (TPSA) is 9.23 Å². The highest BCUT2D eigenvalue weighted by Crippen LogP contribution is 1.99. The molecule has 1 aromatic carbocycles. The second-order valence-corrected chi connectivity index (χ2v) is 2.62. The van der Waals surface area contributed by atoms with Crippen LogP contribution in [0.1, 0.15) is 5.56 Å². The normalized spacial score (nSPS) is 10.8. The third kappa shape index (κ3) is 3.35. The standard InChI is InChI=1S/C11H14O/c1-12-10-6-5-9-11-7-3-2-4-8-11/h2-8H,9-10H2,1H3/b6-5+. The monoisotopic (exact) mass is 162 g/mol. The smallest absolute Gasteiger partial charge is 0.0643 e. The van der Waals surface area contributed by atoms with Gasteiger partial charge in [0.1, 0.15) is 0 Å². The zero-order valence-electron chi connectivity index (χ0n) is 7.36. The van der Waals surface area contributed by atoms with Crippen LogP contribution in [0.3, 0.4) is 0 Å². The molecule has 64 valence electrons. The van der Waals surface area contributed by atoms with E-state index in [0.717, 1.165) is 6.42 Å². The summed E-state index contributed by atoms with van der Waals surface area (Å²) >= 11 is 0. The number of allylic oxidation sites excluding steroid dienone is 1. The number of benzene rings is 1. The van der Waals surface area contributed by atoms with Gasteiger partial charge in [0.15, 0.2) is 0 Å². The molecular formula is C11H14O. The summed E-state index contributed by atoms with van der Waals surface area (Å²) in [7, 11) is 1.70. The van der Waals surface area contributed by atoms with Gasteiger partial charge in [0.05, 0.1) is 6.61 Å². The van der Waals surface area contributed by atoms with Crippen LogP contribution in [-0.2, 0) is 11.2 Å². The van der Waals surface area contributed by atoms with Gasteiger partial charge in [-0.1, -0.05) is 42.5 Å². The molecular weight excluding hydrogens is 148 g/mol. The lowest BCUT2D eigenvalue weighted by atomic mass is 10.1. The van der Waals surface area contributed by atoms with Crippen molar-refractivity contribution in [2.75, 3.05) is 13.7 Å². The molecule has 0 fully saturated rings. The van der Waals surface area contributed by atoms with E-state index < -0.39 is 0 Å². The summed E-state index contributed by atoms with van der Waals surface area (Å²) in [5, 5.41) is 0. The van der Waals surface area contributed by atoms with Crippen molar-refractivity contribution in [1.29, 1.82) is 0 Å². The fraction of sp³-hybridized carbons (Fsp3) is 0.273. The van der Waals surface area contributed by atoms with Crippen LogP contribution < -0.4 is 0 Å². The van der Waals surface area contributed by atoms with Crippen molar-refractivity contribution >= 4 is 0 Å². The summed E-state index contributed by atoms with van der Waals surface area (Å²) in [4.78, 5) is 0. The lowest BCUT2D eigenvalue weighted by molar-refractivity contribution is 0.233. The Labute approximate surface area is 73.7 Å². The van der Waals surface area contributed by atoms with Gasteiger partial charge in [-0.05, 0) is 12.0 Å². The Morgan fingerprint density at radius 2 is 1.92 bits per heavy atom. The van der Waals surface area contributed by atoms with Crippen LogP contribution in [0.4, 0.5) is 0 Å². The minimum Gasteiger partial charge on any atom is -0.381 e. The summed E-state index contributed by atoms with van der Waals surface area (Å²) in [6.07, 6.45) is 5.15. The Kier molecular flexibility index (Phi) is 4.17. The Balaban J connectivity index is 2.33. The van der Waals surface area contributed by atoms with Gasteiger partial charge in [-0.15, -0.1) is 0 Å². The van der Waals surface area contributed by atoms with E-state index in [4.69, 9.17) is 4.74 Å². The van der Waals surface area contributed by atoms with Crippen molar-refractivity contribution < 1.29 is 4.74 Å². The lowest BCUT2D eigenvalue weighted by Crippen LogP contribution is -1.83. The summed E-state index contributed by atoms with van der Waals surface area (Å²) < 4.78 is 4.89. The lowest BCUT2D eigenvalue weighted by Gasteiger charge is -1.93. The van der Waals surface area contributed by atoms with Crippen molar-refractivity contribution in [3.8, 4) is 0 Å². The Morgan fingerprint density at radius 3 is 2.58 bits per heavy atom. The maximum atomic E-state index is 4.89. The largest absolute Gasteiger partial charge is 0.381 e. The predicted molar refractivity (Wildman–Crippen MR) is 51.2 cm³/mol. The van der Waals surface area contributed by atoms with Gasteiger partial charge in [0.2, 0.25) is 0 Å². The molecule has 0 aliphatic rings. The van der Waals surface area contributed by atoms with Gasteiger partial charge < -0.3 is 4.74 Å². The molecule has 1 rings (SSSR count). The fourth-order valence-electron chi connectivity index (χ4n) is 0.998. The van der Waals surface area contributed by atoms with E-state index in [1.165, 1.54) is 5.56 Å². The zero-order chi connectivity index (χ0) is 8.65. The Bertz CT molecular complexity index is 226. The average Bonchev–Trinajstić information content (AvgIpc) is 2.14. The van der Waals surface area contributed by atoms with E-state index in [-0.39, 0.29) is 0 Å². The van der Waals surface area contributed by atoms with E-state index in [2.05, 4.69) is 30.3 Å². The minimum absolute atomic E-state index is 0.701. The van der Waals surface area contributed by atoms with Crippen molar-refractivity contribution in [3.63, 3.8) is 0 Å². The minimum atomic E-state index is 0.701. The van der Waals surface area contributed by atoms with Gasteiger partial charge in [-0.25, -0.2) is 0 Å². The van der Waals surface area contributed by atoms with E-state index in [1.54, 1.807) is 7.11 Å². The molecule has 0 N–H and O–H groups in total. The van der Waals surface area contributed by atoms with Gasteiger partial charge >= 0.3 is 0 Å². The van der Waals surface area contributed by atoms with Gasteiger partial charge in [-0.2, -0.15) is 0 Å². The highest BCUT2D eigenvalue weighted by atomic mass is 16.5. The average molecular weight is 162 g/mol. The molecule has 0 spiro atoms. The molecule has 1 heteroatoms. The summed E-state index contributed by atoms with van der Waals surface area (Å²) in [6.45, 7) is 0.701. The summed E-state index contributed by atoms with van der Waals surface area (Å²) in [5.74, 6) is 0. The number of hydrogen-bond acceptors (Lipinski definition) is 1. The first-order valence-corrected chi connectivity index (χ1v) is 4.11. The third-order valence-corrected chi connectivity index (χ3v) is 1.63. The maximum Gasteiger partial charge on any atom is 0.0643 e. The van der Waals surface area contributed by atoms with Crippen LogP contribution >= 0.6 is 0 Å². The van der Waals surface area contributed by atoms with Crippen LogP contribution in [0.5, 0.6) is 0 Å². The van der Waals surface area contributed by atoms with Gasteiger partial charge in [0.25, 0.3) is 0 Å². The summed E-state index contributed by atoms with van der Waals surface area (Å²) in [6, 6.07) is 10.4. The fourth-order valence-corrected chi connectivity index (χ4v) is 0.998. The van der Waals surface area contributed by atoms with E-state index >= 15 is 0 Å². The molecule has 0 amide bonds. The van der Waals surface area contributed by atoms with E-state index in [9.17, 15) is 0 Å². The van der Waals surface area contributed by atoms with Crippen molar-refractivity contribution in [1.82, 2.24) is 0 Å². The molecule has 1 nitrogen and oxygen atoms in total. The second kappa shape index (κ2) is 5.56. The molecule has 1 aromatic rings. The SMILES string of the molecule is COC/C=C/Cc1ccccc1. The van der Waals surface area contributed by atoms with E-state index in [1.807, 2.05) is 12.1 Å². The van der Waals surface area contributed by atoms with E-state index in [0.29, 0.717) is 6.61 Å². The highest BCUT2D eigenvalue weighted by Gasteiger charge is 1.84. The van der Waals surface area contributed by atoms with Crippen molar-refractivity contribution in [3.05, 3.63) is 48.0 Å². The molecule has 0 bridgehead atoms. The maximum absolute atomic E-state index is 4.89. The molecule has 0 saturated carbocycles. The van der Waals surface area contributed by atoms with Crippen molar-refractivity contribution in [2.24, 2.45) is 0 Å². The first-order chi connectivity index (χ1) is 5.93. The van der Waals surface area contributed by atoms with Crippen molar-refractivity contribution in [2.45, 2.75) is 6.42 Å². The first-order valence-electron chi connectivity index (χ1n) is 4.11. The van der Waals surface area contributed by atoms with Gasteiger partial charge in [-0.3, -0.25) is 0 Å². The molecule has 12 heavy (non-hydrogen) atoms. The van der Waals surface area contributed by atoms with Crippen LogP contribution in [-0.4, -0.2) is 13.7 Å². The number of hydrogen-bond donors (Lipinski definition) is 0. The molecule has 0 aliphatic heterocycles. The second-order valence-electron chi connectivity index (χ2n) is 2.62. The Hall–Kier alpha value is -1.08. The molecule has 0 aliphatic carbocycles. The predicted octanol–water partition coefficient (Wildman–Crippen LogP) is 2.43. The molecule has 0 aromatic heterocycles. The van der Waals surface area contributed by atoms with Crippen LogP contribution in [0.2, 0.25) is 0 Å². The van der Waals surface area contributed by atoms with Crippen LogP contribution in [0, 0.1) is 0 Å². The first kappa shape index (κ1) is 9.01. The highest BCUT2D eigenvalue weighted by molar-refractivity contribution is 5.17. The zero-order valence-corrected chi connectivity index (χ0v) is 7.36. The number of ether oxygens (including phenoxy) is 1. The Morgan fingerprint density at radius 1 is 1.17 bits per heavy atom. The summed E-state index contributed by atoms with van der Waals surface area (Å²) in [5.41, 5.74) is 1.34. The molecule has 0 saturated heterocycles. The van der Waals surface area contributed by atoms with Crippen LogP contribution in [0.25, 0.3) is 0 Å². The quantitative estimate of drug-likeness (QED) is 0.618. The van der Waals surface area contributed by atoms with Crippen LogP contribution in [0.15, 0.2) is 42.5 Å². The third-order valence-electron chi connectivity index (χ3n) is 1.63. The molecule has 0 radical (unpaired) electrons. The molecule has 0 atom stereocenters.